The van der Waals surface area contributed by atoms with E-state index >= 15 is 0 Å². The Morgan fingerprint density at radius 3 is 2.39 bits per heavy atom. The number of nitrogens with one attached hydrogen (secondary N) is 1. The average molecular weight is 261 g/mol. The summed E-state index contributed by atoms with van der Waals surface area (Å²) in [6.45, 7) is 1.90. The van der Waals surface area contributed by atoms with E-state index in [0.29, 0.717) is 4.88 Å². The summed E-state index contributed by atoms with van der Waals surface area (Å²) in [5.41, 5.74) is 1.69. The van der Waals surface area contributed by atoms with Crippen LogP contribution in [0.4, 0.5) is 5.69 Å². The number of hydrogen-bond acceptors (Lipinski definition) is 3. The van der Waals surface area contributed by atoms with E-state index in [1.807, 2.05) is 25.1 Å². The molecule has 2 rings (SSSR count). The van der Waals surface area contributed by atoms with Crippen molar-refractivity contribution in [2.45, 2.75) is 6.92 Å². The number of carbonyl (C=O) groups is 2. The third-order valence-electron chi connectivity index (χ3n) is 2.43. The maximum atomic E-state index is 11.9. The lowest BCUT2D eigenvalue weighted by molar-refractivity contribution is 0.0702. The molecule has 5 heteroatoms. The average Bonchev–Trinajstić information content (AvgIpc) is 2.81. The number of aryl methyl sites for hydroxylation is 1. The molecular weight excluding hydrogens is 250 g/mol. The Kier molecular flexibility index (Phi) is 3.43. The van der Waals surface area contributed by atoms with Crippen LogP contribution < -0.4 is 5.32 Å². The molecule has 0 atom stereocenters. The summed E-state index contributed by atoms with van der Waals surface area (Å²) in [5.74, 6) is -1.31. The maximum Gasteiger partial charge on any atom is 0.345 e. The van der Waals surface area contributed by atoms with Gasteiger partial charge in [0, 0.05) is 5.69 Å². The van der Waals surface area contributed by atoms with Crippen LogP contribution in [0.3, 0.4) is 0 Å². The number of benzene rings is 1. The summed E-state index contributed by atoms with van der Waals surface area (Å²) in [7, 11) is 0. The monoisotopic (exact) mass is 261 g/mol. The number of amides is 1. The Labute approximate surface area is 108 Å². The van der Waals surface area contributed by atoms with Crippen LogP contribution in [0, 0.1) is 6.92 Å². The highest BCUT2D eigenvalue weighted by Crippen LogP contribution is 2.19. The number of carboxylic acid groups (broad SMARTS) is 1. The van der Waals surface area contributed by atoms with Gasteiger partial charge in [-0.15, -0.1) is 11.3 Å². The van der Waals surface area contributed by atoms with Gasteiger partial charge in [-0.1, -0.05) is 18.2 Å². The van der Waals surface area contributed by atoms with Crippen LogP contribution in [0.2, 0.25) is 0 Å². The molecule has 0 radical (unpaired) electrons. The van der Waals surface area contributed by atoms with Gasteiger partial charge in [0.25, 0.3) is 5.91 Å². The van der Waals surface area contributed by atoms with Crippen LogP contribution in [-0.2, 0) is 0 Å². The van der Waals surface area contributed by atoms with Crippen molar-refractivity contribution in [2.24, 2.45) is 0 Å². The highest BCUT2D eigenvalue weighted by molar-refractivity contribution is 7.15. The molecular formula is C13H11NO3S. The van der Waals surface area contributed by atoms with Crippen molar-refractivity contribution in [1.82, 2.24) is 0 Å². The van der Waals surface area contributed by atoms with Crippen LogP contribution in [0.1, 0.15) is 24.9 Å². The second kappa shape index (κ2) is 5.01. The van der Waals surface area contributed by atoms with Gasteiger partial charge >= 0.3 is 5.97 Å². The van der Waals surface area contributed by atoms with E-state index in [1.54, 1.807) is 6.07 Å². The Balaban J connectivity index is 2.17. The number of carbonyl (C=O) groups excluding carboxylic acids is 1. The molecule has 0 aliphatic rings. The summed E-state index contributed by atoms with van der Waals surface area (Å²) in [6.07, 6.45) is 0. The number of aromatic carboxylic acids is 1. The lowest BCUT2D eigenvalue weighted by Crippen LogP contribution is -2.10. The quantitative estimate of drug-likeness (QED) is 0.892. The molecule has 1 aromatic heterocycles. The molecule has 2 aromatic rings. The van der Waals surface area contributed by atoms with E-state index < -0.39 is 5.97 Å². The Bertz CT molecular complexity index is 604. The normalized spacial score (nSPS) is 10.1. The van der Waals surface area contributed by atoms with Crippen molar-refractivity contribution in [2.75, 3.05) is 5.32 Å². The Morgan fingerprint density at radius 2 is 1.78 bits per heavy atom. The fourth-order valence-electron chi connectivity index (χ4n) is 1.47. The van der Waals surface area contributed by atoms with Gasteiger partial charge in [0.2, 0.25) is 0 Å². The zero-order valence-electron chi connectivity index (χ0n) is 9.64. The predicted octanol–water partition coefficient (Wildman–Crippen LogP) is 3.01. The van der Waals surface area contributed by atoms with E-state index in [1.165, 1.54) is 12.1 Å². The highest BCUT2D eigenvalue weighted by Gasteiger charge is 2.13. The van der Waals surface area contributed by atoms with Crippen molar-refractivity contribution in [1.29, 1.82) is 0 Å². The first-order valence-electron chi connectivity index (χ1n) is 5.28. The summed E-state index contributed by atoms with van der Waals surface area (Å²) in [5, 5.41) is 11.5. The van der Waals surface area contributed by atoms with Gasteiger partial charge in [0.1, 0.15) is 4.88 Å². The minimum absolute atomic E-state index is 0.157. The van der Waals surface area contributed by atoms with Gasteiger partial charge in [-0.2, -0.15) is 0 Å². The fraction of sp³-hybridized carbons (Fsp3) is 0.0769. The van der Waals surface area contributed by atoms with E-state index in [9.17, 15) is 9.59 Å². The number of anilines is 1. The van der Waals surface area contributed by atoms with Gasteiger partial charge in [0.15, 0.2) is 0 Å². The third kappa shape index (κ3) is 2.57. The van der Waals surface area contributed by atoms with Crippen LogP contribution >= 0.6 is 11.3 Å². The number of thiophene rings is 1. The SMILES string of the molecule is Cc1ccccc1NC(=O)c1ccc(C(=O)O)s1. The first kappa shape index (κ1) is 12.3. The predicted molar refractivity (Wildman–Crippen MR) is 70.4 cm³/mol. The summed E-state index contributed by atoms with van der Waals surface area (Å²) < 4.78 is 0. The first-order valence-corrected chi connectivity index (χ1v) is 6.09. The van der Waals surface area contributed by atoms with Gasteiger partial charge < -0.3 is 10.4 Å². The van der Waals surface area contributed by atoms with E-state index in [4.69, 9.17) is 5.11 Å². The number of rotatable bonds is 3. The summed E-state index contributed by atoms with van der Waals surface area (Å²) in [6, 6.07) is 10.4. The van der Waals surface area contributed by atoms with Crippen LogP contribution in [0.25, 0.3) is 0 Å². The lowest BCUT2D eigenvalue weighted by atomic mass is 10.2. The molecule has 0 fully saturated rings. The molecule has 0 spiro atoms. The van der Waals surface area contributed by atoms with Crippen LogP contribution in [0.5, 0.6) is 0 Å². The van der Waals surface area contributed by atoms with Gasteiger partial charge in [0.05, 0.1) is 4.88 Å². The molecule has 1 heterocycles. The largest absolute Gasteiger partial charge is 0.477 e. The molecule has 0 unspecified atom stereocenters. The highest BCUT2D eigenvalue weighted by atomic mass is 32.1. The molecule has 0 saturated heterocycles. The van der Waals surface area contributed by atoms with Crippen molar-refractivity contribution in [3.8, 4) is 0 Å². The standard InChI is InChI=1S/C13H11NO3S/c1-8-4-2-3-5-9(8)14-12(15)10-6-7-11(18-10)13(16)17/h2-7H,1H3,(H,14,15)(H,16,17). The molecule has 0 saturated carbocycles. The molecule has 1 amide bonds. The minimum Gasteiger partial charge on any atom is -0.477 e. The topological polar surface area (TPSA) is 66.4 Å². The van der Waals surface area contributed by atoms with Crippen molar-refractivity contribution >= 4 is 28.9 Å². The molecule has 0 aliphatic heterocycles. The van der Waals surface area contributed by atoms with Crippen molar-refractivity contribution < 1.29 is 14.7 Å². The van der Waals surface area contributed by atoms with Gasteiger partial charge in [-0.05, 0) is 30.7 Å². The number of carboxylic acids is 1. The van der Waals surface area contributed by atoms with Crippen LogP contribution in [0.15, 0.2) is 36.4 Å². The fourth-order valence-corrected chi connectivity index (χ4v) is 2.21. The molecule has 4 nitrogen and oxygen atoms in total. The first-order chi connectivity index (χ1) is 8.58. The third-order valence-corrected chi connectivity index (χ3v) is 3.51. The Morgan fingerprint density at radius 1 is 1.11 bits per heavy atom. The molecule has 18 heavy (non-hydrogen) atoms. The van der Waals surface area contributed by atoms with Crippen molar-refractivity contribution in [3.63, 3.8) is 0 Å². The van der Waals surface area contributed by atoms with Crippen molar-refractivity contribution in [3.05, 3.63) is 51.7 Å². The second-order valence-electron chi connectivity index (χ2n) is 3.74. The van der Waals surface area contributed by atoms with Gasteiger partial charge in [-0.3, -0.25) is 4.79 Å². The van der Waals surface area contributed by atoms with E-state index in [0.717, 1.165) is 22.6 Å². The lowest BCUT2D eigenvalue weighted by Gasteiger charge is -2.06. The smallest absolute Gasteiger partial charge is 0.345 e. The maximum absolute atomic E-state index is 11.9. The number of para-hydroxylation sites is 1. The number of hydrogen-bond donors (Lipinski definition) is 2. The zero-order valence-corrected chi connectivity index (χ0v) is 10.5. The van der Waals surface area contributed by atoms with E-state index in [2.05, 4.69) is 5.32 Å². The van der Waals surface area contributed by atoms with Gasteiger partial charge in [-0.25, -0.2) is 4.79 Å². The molecule has 1 aromatic carbocycles. The summed E-state index contributed by atoms with van der Waals surface area (Å²) >= 11 is 0.963. The van der Waals surface area contributed by atoms with Crippen LogP contribution in [-0.4, -0.2) is 17.0 Å². The molecule has 0 aliphatic carbocycles. The molecule has 0 bridgehead atoms. The molecule has 92 valence electrons. The van der Waals surface area contributed by atoms with E-state index in [-0.39, 0.29) is 10.8 Å². The minimum atomic E-state index is -1.02. The Hall–Kier alpha value is -2.14. The zero-order chi connectivity index (χ0) is 13.1. The molecule has 2 N–H and O–H groups in total. The second-order valence-corrected chi connectivity index (χ2v) is 4.82. The summed E-state index contributed by atoms with van der Waals surface area (Å²) in [4.78, 5) is 23.2.